The van der Waals surface area contributed by atoms with Gasteiger partial charge in [0.2, 0.25) is 0 Å². The molecule has 4 aliphatic heterocycles. The van der Waals surface area contributed by atoms with Crippen LogP contribution in [-0.2, 0) is 19.5 Å². The third kappa shape index (κ3) is 13.6. The van der Waals surface area contributed by atoms with Crippen molar-refractivity contribution in [2.24, 2.45) is 0 Å². The average molecular weight is 1180 g/mol. The summed E-state index contributed by atoms with van der Waals surface area (Å²) in [4.78, 5) is 39.2. The summed E-state index contributed by atoms with van der Waals surface area (Å²) in [6.45, 7) is 15.0. The fraction of sp³-hybridized carbons (Fsp3) is 0.375. The van der Waals surface area contributed by atoms with Gasteiger partial charge in [-0.25, -0.2) is 26.8 Å². The molecule has 0 bridgehead atoms. The van der Waals surface area contributed by atoms with E-state index in [-0.39, 0.29) is 33.7 Å². The van der Waals surface area contributed by atoms with Crippen LogP contribution in [0.15, 0.2) is 119 Å². The van der Waals surface area contributed by atoms with Crippen LogP contribution in [0.5, 0.6) is 0 Å². The molecule has 4 N–H and O–H groups in total. The number of halogens is 2. The number of piperidine rings is 2. The molecule has 2 amide bonds. The van der Waals surface area contributed by atoms with Crippen molar-refractivity contribution in [3.8, 4) is 12.1 Å². The maximum atomic E-state index is 14.5. The van der Waals surface area contributed by atoms with E-state index in [2.05, 4.69) is 58.6 Å². The number of piperazine rings is 2. The van der Waals surface area contributed by atoms with Gasteiger partial charge in [-0.05, 0) is 136 Å². The van der Waals surface area contributed by atoms with E-state index in [9.17, 15) is 37.3 Å². The predicted octanol–water partition coefficient (Wildman–Crippen LogP) is 10.8. The van der Waals surface area contributed by atoms with Gasteiger partial charge in [0.05, 0.1) is 53.3 Å². The number of anilines is 6. The van der Waals surface area contributed by atoms with Gasteiger partial charge in [-0.15, -0.1) is 0 Å². The Kier molecular flexibility index (Phi) is 18.5. The van der Waals surface area contributed by atoms with Crippen molar-refractivity contribution in [3.05, 3.63) is 165 Å². The van der Waals surface area contributed by atoms with E-state index >= 15 is 0 Å². The summed E-state index contributed by atoms with van der Waals surface area (Å²) in [5.74, 6) is -1.36. The second kappa shape index (κ2) is 25.7. The highest BCUT2D eigenvalue weighted by atomic mass is 32.2. The maximum absolute atomic E-state index is 14.5. The Labute approximate surface area is 493 Å². The molecule has 4 saturated heterocycles. The molecular formula is C64H74F2N12O4S2. The third-order valence-corrected chi connectivity index (χ3v) is 18.9. The van der Waals surface area contributed by atoms with Crippen LogP contribution >= 0.6 is 0 Å². The van der Waals surface area contributed by atoms with Crippen molar-refractivity contribution < 1.29 is 26.8 Å². The normalized spacial score (nSPS) is 17.5. The van der Waals surface area contributed by atoms with Crippen LogP contribution in [-0.4, -0.2) is 133 Å². The molecule has 0 saturated carbocycles. The van der Waals surface area contributed by atoms with Crippen LogP contribution in [0.1, 0.15) is 79.8 Å². The number of hydrogen-bond acceptors (Lipinski definition) is 14. The Balaban J connectivity index is 0.000000202. The minimum absolute atomic E-state index is 0.0441. The molecule has 0 aliphatic carbocycles. The molecule has 6 aromatic carbocycles. The molecule has 0 aromatic heterocycles. The first-order chi connectivity index (χ1) is 40.1. The topological polar surface area (TPSA) is 207 Å². The number of rotatable bonds is 12. The van der Waals surface area contributed by atoms with E-state index in [1.54, 1.807) is 24.3 Å². The van der Waals surface area contributed by atoms with Crippen LogP contribution in [0.25, 0.3) is 0 Å². The van der Waals surface area contributed by atoms with Crippen LogP contribution in [0.4, 0.5) is 42.9 Å². The van der Waals surface area contributed by atoms with Gasteiger partial charge in [0, 0.05) is 126 Å². The zero-order valence-electron chi connectivity index (χ0n) is 48.6. The second-order valence-corrected chi connectivity index (χ2v) is 26.6. The van der Waals surface area contributed by atoms with Crippen LogP contribution in [0.3, 0.4) is 0 Å². The standard InChI is InChI=1S/2C32H37FN6O2S/c2*1-22-19-23(2)28(36-25-11-13-37(14-12-25)29-9-5-4-7-24(29)21-34)20-26(22)32(40)39-17-15-38(16-18-39)30-10-6-8-27(33)31(30)42(3,35)41/h2*4-10,19-20,25,35-36H,11-18H2,1-3H3/t2*42-/m10/s1. The minimum Gasteiger partial charge on any atom is -0.382 e. The predicted molar refractivity (Wildman–Crippen MR) is 331 cm³/mol. The Morgan fingerprint density at radius 2 is 0.798 bits per heavy atom. The lowest BCUT2D eigenvalue weighted by Crippen LogP contribution is -2.49. The highest BCUT2D eigenvalue weighted by molar-refractivity contribution is 7.92. The van der Waals surface area contributed by atoms with Gasteiger partial charge in [0.1, 0.15) is 33.6 Å². The van der Waals surface area contributed by atoms with Crippen LogP contribution < -0.4 is 30.2 Å². The molecule has 440 valence electrons. The van der Waals surface area contributed by atoms with Crippen LogP contribution in [0, 0.1) is 71.6 Å². The van der Waals surface area contributed by atoms with E-state index < -0.39 is 31.1 Å². The van der Waals surface area contributed by atoms with Crippen molar-refractivity contribution in [2.75, 3.05) is 121 Å². The molecule has 2 atom stereocenters. The molecule has 4 fully saturated rings. The number of benzene rings is 6. The Morgan fingerprint density at radius 3 is 1.13 bits per heavy atom. The molecule has 0 spiro atoms. The number of nitriles is 2. The minimum atomic E-state index is -3.25. The van der Waals surface area contributed by atoms with Gasteiger partial charge in [-0.1, -0.05) is 48.5 Å². The molecule has 16 nitrogen and oxygen atoms in total. The zero-order valence-corrected chi connectivity index (χ0v) is 50.3. The van der Waals surface area contributed by atoms with Crippen molar-refractivity contribution >= 4 is 65.4 Å². The molecule has 4 heterocycles. The quantitative estimate of drug-likeness (QED) is 0.0903. The first kappa shape index (κ1) is 60.4. The van der Waals surface area contributed by atoms with E-state index in [0.29, 0.717) is 86.0 Å². The van der Waals surface area contributed by atoms with Gasteiger partial charge < -0.3 is 40.0 Å². The zero-order chi connectivity index (χ0) is 60.0. The van der Waals surface area contributed by atoms with E-state index in [1.165, 1.54) is 24.6 Å². The number of para-hydroxylation sites is 2. The molecule has 4 aliphatic rings. The number of carbonyl (C=O) groups excluding carboxylic acids is 2. The smallest absolute Gasteiger partial charge is 0.254 e. The summed E-state index contributed by atoms with van der Waals surface area (Å²) in [6.07, 6.45) is 6.15. The van der Waals surface area contributed by atoms with Gasteiger partial charge in [0.25, 0.3) is 11.8 Å². The number of nitrogens with zero attached hydrogens (tertiary/aromatic N) is 8. The third-order valence-electron chi connectivity index (χ3n) is 16.5. The first-order valence-corrected chi connectivity index (χ1v) is 32.4. The average Bonchev–Trinajstić information content (AvgIpc) is 2.28. The summed E-state index contributed by atoms with van der Waals surface area (Å²) in [5, 5.41) is 26.3. The fourth-order valence-corrected chi connectivity index (χ4v) is 14.1. The SMILES string of the molecule is Cc1cc(C)c(C(=O)N2CCN(c3cccc(F)c3[S@@](C)(=N)=O)CC2)cc1NC1CCN(c2ccccc2C#N)CC1.Cc1cc(C)c(C(=O)N2CCN(c3cccc(F)c3[S@](C)(=N)=O)CC2)cc1NC1CCN(c2ccccc2C#N)CC1. The summed E-state index contributed by atoms with van der Waals surface area (Å²) in [7, 11) is -6.51. The van der Waals surface area contributed by atoms with Crippen molar-refractivity contribution in [2.45, 2.75) is 75.3 Å². The largest absolute Gasteiger partial charge is 0.382 e. The maximum Gasteiger partial charge on any atom is 0.254 e. The van der Waals surface area contributed by atoms with Gasteiger partial charge in [0.15, 0.2) is 0 Å². The molecule has 10 rings (SSSR count). The van der Waals surface area contributed by atoms with Crippen LogP contribution in [0.2, 0.25) is 0 Å². The second-order valence-electron chi connectivity index (χ2n) is 22.5. The van der Waals surface area contributed by atoms with Crippen molar-refractivity contribution in [3.63, 3.8) is 0 Å². The van der Waals surface area contributed by atoms with E-state index in [0.717, 1.165) is 96.9 Å². The number of nitrogens with one attached hydrogen (secondary N) is 4. The Hall–Kier alpha value is -8.20. The lowest BCUT2D eigenvalue weighted by Gasteiger charge is -2.37. The number of carbonyl (C=O) groups is 2. The summed E-state index contributed by atoms with van der Waals surface area (Å²) < 4.78 is 70.0. The Morgan fingerprint density at radius 1 is 0.476 bits per heavy atom. The molecule has 20 heteroatoms. The van der Waals surface area contributed by atoms with E-state index in [1.807, 2.05) is 94.1 Å². The van der Waals surface area contributed by atoms with Gasteiger partial charge >= 0.3 is 0 Å². The summed E-state index contributed by atoms with van der Waals surface area (Å²) in [5.41, 5.74) is 11.5. The van der Waals surface area contributed by atoms with E-state index in [4.69, 9.17) is 9.56 Å². The molecule has 0 unspecified atom stereocenters. The molecule has 6 aromatic rings. The molecule has 0 radical (unpaired) electrons. The van der Waals surface area contributed by atoms with Gasteiger partial charge in [-0.3, -0.25) is 9.59 Å². The first-order valence-electron chi connectivity index (χ1n) is 28.5. The Bertz CT molecular complexity index is 3510. The van der Waals surface area contributed by atoms with Gasteiger partial charge in [-0.2, -0.15) is 10.5 Å². The highest BCUT2D eigenvalue weighted by Crippen LogP contribution is 2.34. The monoisotopic (exact) mass is 1180 g/mol. The fourth-order valence-electron chi connectivity index (χ4n) is 12.0. The number of aryl methyl sites for hydroxylation is 4. The lowest BCUT2D eigenvalue weighted by molar-refractivity contribution is 0.0738. The molecule has 84 heavy (non-hydrogen) atoms. The van der Waals surface area contributed by atoms with Crippen molar-refractivity contribution in [1.82, 2.24) is 9.80 Å². The molecular weight excluding hydrogens is 1100 g/mol. The highest BCUT2D eigenvalue weighted by Gasteiger charge is 2.31. The number of amides is 2. The summed E-state index contributed by atoms with van der Waals surface area (Å²) in [6, 6.07) is 37.6. The number of hydrogen-bond donors (Lipinski definition) is 4. The van der Waals surface area contributed by atoms with Crippen molar-refractivity contribution in [1.29, 1.82) is 20.1 Å². The lowest BCUT2D eigenvalue weighted by atomic mass is 9.99. The summed E-state index contributed by atoms with van der Waals surface area (Å²) >= 11 is 0.